The van der Waals surface area contributed by atoms with E-state index < -0.39 is 0 Å². The van der Waals surface area contributed by atoms with E-state index in [-0.39, 0.29) is 17.7 Å². The van der Waals surface area contributed by atoms with E-state index in [1.807, 2.05) is 7.05 Å². The minimum Gasteiger partial charge on any atom is -0.313 e. The summed E-state index contributed by atoms with van der Waals surface area (Å²) in [6.45, 7) is 0. The van der Waals surface area contributed by atoms with Crippen LogP contribution in [-0.4, -0.2) is 7.05 Å². The van der Waals surface area contributed by atoms with Gasteiger partial charge in [-0.2, -0.15) is 0 Å². The predicted octanol–water partition coefficient (Wildman–Crippen LogP) is 4.83. The van der Waals surface area contributed by atoms with Crippen LogP contribution in [-0.2, 0) is 0 Å². The van der Waals surface area contributed by atoms with E-state index in [1.165, 1.54) is 50.3 Å². The van der Waals surface area contributed by atoms with Crippen molar-refractivity contribution >= 4 is 0 Å². The average molecular weight is 293 g/mol. The molecule has 3 rings (SSSR count). The standard InChI is InChI=1S/C18H25F2N/c1-21-18(16-11-15(19)8-9-17(16)20)14-7-6-12-4-2-3-5-13(12)10-14/h8-9,11-14,18,21H,2-7,10H2,1H3. The topological polar surface area (TPSA) is 12.0 Å². The van der Waals surface area contributed by atoms with Crippen LogP contribution in [0.15, 0.2) is 18.2 Å². The second kappa shape index (κ2) is 6.43. The monoisotopic (exact) mass is 293 g/mol. The van der Waals surface area contributed by atoms with Gasteiger partial charge in [0.15, 0.2) is 0 Å². The predicted molar refractivity (Wildman–Crippen MR) is 80.9 cm³/mol. The third kappa shape index (κ3) is 3.13. The minimum absolute atomic E-state index is 0.0661. The second-order valence-corrected chi connectivity index (χ2v) is 6.81. The highest BCUT2D eigenvalue weighted by Crippen LogP contribution is 2.46. The molecule has 3 heteroatoms. The van der Waals surface area contributed by atoms with Gasteiger partial charge >= 0.3 is 0 Å². The summed E-state index contributed by atoms with van der Waals surface area (Å²) < 4.78 is 27.6. The van der Waals surface area contributed by atoms with Crippen molar-refractivity contribution in [2.75, 3.05) is 7.05 Å². The fourth-order valence-corrected chi connectivity index (χ4v) is 4.61. The molecule has 4 unspecified atom stereocenters. The number of hydrogen-bond acceptors (Lipinski definition) is 1. The highest BCUT2D eigenvalue weighted by molar-refractivity contribution is 5.23. The van der Waals surface area contributed by atoms with Crippen LogP contribution in [0.2, 0.25) is 0 Å². The Bertz CT molecular complexity index is 488. The first-order valence-electron chi connectivity index (χ1n) is 8.31. The number of halogens is 2. The molecule has 4 atom stereocenters. The van der Waals surface area contributed by atoms with E-state index in [0.29, 0.717) is 11.5 Å². The van der Waals surface area contributed by atoms with Gasteiger partial charge in [-0.3, -0.25) is 0 Å². The van der Waals surface area contributed by atoms with E-state index in [1.54, 1.807) is 0 Å². The lowest BCUT2D eigenvalue weighted by Gasteiger charge is -2.42. The molecule has 116 valence electrons. The zero-order valence-electron chi connectivity index (χ0n) is 12.7. The van der Waals surface area contributed by atoms with Gasteiger partial charge in [-0.05, 0) is 62.3 Å². The molecule has 0 bridgehead atoms. The zero-order valence-corrected chi connectivity index (χ0v) is 12.7. The molecule has 0 radical (unpaired) electrons. The summed E-state index contributed by atoms with van der Waals surface area (Å²) in [7, 11) is 1.86. The molecule has 0 spiro atoms. The van der Waals surface area contributed by atoms with Gasteiger partial charge in [0.1, 0.15) is 11.6 Å². The smallest absolute Gasteiger partial charge is 0.128 e. The fraction of sp³-hybridized carbons (Fsp3) is 0.667. The van der Waals surface area contributed by atoms with Gasteiger partial charge in [-0.15, -0.1) is 0 Å². The number of hydrogen-bond donors (Lipinski definition) is 1. The number of fused-ring (bicyclic) bond motifs is 1. The van der Waals surface area contributed by atoms with Crippen molar-refractivity contribution in [1.29, 1.82) is 0 Å². The molecule has 0 aliphatic heterocycles. The molecule has 1 nitrogen and oxygen atoms in total. The molecule has 1 aromatic carbocycles. The van der Waals surface area contributed by atoms with E-state index in [0.717, 1.165) is 24.7 Å². The number of rotatable bonds is 3. The van der Waals surface area contributed by atoms with Crippen LogP contribution >= 0.6 is 0 Å². The lowest BCUT2D eigenvalue weighted by molar-refractivity contribution is 0.110. The van der Waals surface area contributed by atoms with Crippen LogP contribution in [0.5, 0.6) is 0 Å². The fourth-order valence-electron chi connectivity index (χ4n) is 4.61. The van der Waals surface area contributed by atoms with Gasteiger partial charge < -0.3 is 5.32 Å². The summed E-state index contributed by atoms with van der Waals surface area (Å²) >= 11 is 0. The quantitative estimate of drug-likeness (QED) is 0.841. The molecular weight excluding hydrogens is 268 g/mol. The third-order valence-electron chi connectivity index (χ3n) is 5.66. The molecule has 0 amide bonds. The number of benzene rings is 1. The molecule has 0 aromatic heterocycles. The first kappa shape index (κ1) is 15.0. The Kier molecular flexibility index (Phi) is 4.58. The summed E-state index contributed by atoms with van der Waals surface area (Å²) in [4.78, 5) is 0. The largest absolute Gasteiger partial charge is 0.313 e. The van der Waals surface area contributed by atoms with Gasteiger partial charge in [0.25, 0.3) is 0 Å². The van der Waals surface area contributed by atoms with Gasteiger partial charge in [0.05, 0.1) is 0 Å². The van der Waals surface area contributed by atoms with Crippen LogP contribution in [0.3, 0.4) is 0 Å². The van der Waals surface area contributed by atoms with Crippen molar-refractivity contribution in [3.63, 3.8) is 0 Å². The van der Waals surface area contributed by atoms with Gasteiger partial charge in [0.2, 0.25) is 0 Å². The van der Waals surface area contributed by atoms with E-state index >= 15 is 0 Å². The summed E-state index contributed by atoms with van der Waals surface area (Å²) in [5.41, 5.74) is 0.497. The normalized spacial score (nSPS) is 30.7. The molecule has 2 aliphatic rings. The van der Waals surface area contributed by atoms with Crippen molar-refractivity contribution in [2.45, 2.75) is 51.0 Å². The van der Waals surface area contributed by atoms with Crippen molar-refractivity contribution < 1.29 is 8.78 Å². The van der Waals surface area contributed by atoms with Crippen molar-refractivity contribution in [2.24, 2.45) is 17.8 Å². The van der Waals surface area contributed by atoms with Gasteiger partial charge in [0, 0.05) is 11.6 Å². The molecule has 1 N–H and O–H groups in total. The Morgan fingerprint density at radius 3 is 2.57 bits per heavy atom. The highest BCUT2D eigenvalue weighted by atomic mass is 19.1. The van der Waals surface area contributed by atoms with Crippen LogP contribution in [0, 0.1) is 29.4 Å². The molecule has 2 aliphatic carbocycles. The minimum atomic E-state index is -0.349. The summed E-state index contributed by atoms with van der Waals surface area (Å²) in [5.74, 6) is 1.46. The Labute approximate surface area is 126 Å². The lowest BCUT2D eigenvalue weighted by Crippen LogP contribution is -2.34. The molecule has 2 saturated carbocycles. The molecule has 2 fully saturated rings. The van der Waals surface area contributed by atoms with Crippen molar-refractivity contribution in [3.05, 3.63) is 35.4 Å². The Morgan fingerprint density at radius 1 is 1.05 bits per heavy atom. The van der Waals surface area contributed by atoms with Gasteiger partial charge in [-0.25, -0.2) is 8.78 Å². The molecule has 21 heavy (non-hydrogen) atoms. The Hall–Kier alpha value is -0.960. The molecule has 0 saturated heterocycles. The van der Waals surface area contributed by atoms with Gasteiger partial charge in [-0.1, -0.05) is 25.7 Å². The second-order valence-electron chi connectivity index (χ2n) is 6.81. The maximum absolute atomic E-state index is 14.1. The van der Waals surface area contributed by atoms with E-state index in [4.69, 9.17) is 0 Å². The summed E-state index contributed by atoms with van der Waals surface area (Å²) in [6, 6.07) is 3.75. The first-order chi connectivity index (χ1) is 10.2. The van der Waals surface area contributed by atoms with Crippen molar-refractivity contribution in [1.82, 2.24) is 5.32 Å². The van der Waals surface area contributed by atoms with Crippen LogP contribution in [0.25, 0.3) is 0 Å². The Morgan fingerprint density at radius 2 is 1.81 bits per heavy atom. The summed E-state index contributed by atoms with van der Waals surface area (Å²) in [6.07, 6.45) is 8.95. The maximum Gasteiger partial charge on any atom is 0.128 e. The van der Waals surface area contributed by atoms with Crippen LogP contribution < -0.4 is 5.32 Å². The molecule has 0 heterocycles. The molecular formula is C18H25F2N. The Balaban J connectivity index is 1.78. The molecule has 1 aromatic rings. The average Bonchev–Trinajstić information content (AvgIpc) is 2.51. The zero-order chi connectivity index (χ0) is 14.8. The van der Waals surface area contributed by atoms with E-state index in [9.17, 15) is 8.78 Å². The highest BCUT2D eigenvalue weighted by Gasteiger charge is 2.36. The van der Waals surface area contributed by atoms with Crippen LogP contribution in [0.4, 0.5) is 8.78 Å². The SMILES string of the molecule is CNC(c1cc(F)ccc1F)C1CCC2CCCCC2C1. The maximum atomic E-state index is 14.1. The van der Waals surface area contributed by atoms with E-state index in [2.05, 4.69) is 5.32 Å². The van der Waals surface area contributed by atoms with Crippen LogP contribution in [0.1, 0.15) is 56.6 Å². The third-order valence-corrected chi connectivity index (χ3v) is 5.66. The lowest BCUT2D eigenvalue weighted by atomic mass is 9.65. The first-order valence-corrected chi connectivity index (χ1v) is 8.31. The summed E-state index contributed by atoms with van der Waals surface area (Å²) in [5, 5.41) is 3.24. The number of nitrogens with one attached hydrogen (secondary N) is 1. The van der Waals surface area contributed by atoms with Crippen molar-refractivity contribution in [3.8, 4) is 0 Å².